The summed E-state index contributed by atoms with van der Waals surface area (Å²) in [6.07, 6.45) is 0.911. The van der Waals surface area contributed by atoms with Gasteiger partial charge in [-0.3, -0.25) is 4.79 Å². The van der Waals surface area contributed by atoms with E-state index in [4.69, 9.17) is 9.84 Å². The Kier molecular flexibility index (Phi) is 6.31. The minimum absolute atomic E-state index is 0.0346. The van der Waals surface area contributed by atoms with Crippen molar-refractivity contribution in [3.05, 3.63) is 71.5 Å². The lowest BCUT2D eigenvalue weighted by Crippen LogP contribution is -2.50. The number of hydrogen-bond acceptors (Lipinski definition) is 6. The summed E-state index contributed by atoms with van der Waals surface area (Å²) in [6.45, 7) is 2.84. The van der Waals surface area contributed by atoms with Gasteiger partial charge in [0, 0.05) is 5.92 Å². The standard InChI is InChI=1S/C24H25N5O5/c1-24(2,22(31)32)26-21(30)13-29-12-15(27-28-29)11-25-23(33)34-14-20-18-9-5-3-7-16(18)17-8-4-6-10-19(17)20/h3-10,12,20H,11,13-14H2,1-2H3,(H,25,33)(H,26,30)(H,31,32). The van der Waals surface area contributed by atoms with Crippen LogP contribution in [-0.2, 0) is 27.4 Å². The predicted molar refractivity (Wildman–Crippen MR) is 122 cm³/mol. The maximum absolute atomic E-state index is 12.3. The van der Waals surface area contributed by atoms with Crippen molar-refractivity contribution in [3.8, 4) is 11.1 Å². The smallest absolute Gasteiger partial charge is 0.407 e. The van der Waals surface area contributed by atoms with Gasteiger partial charge in [-0.15, -0.1) is 5.10 Å². The molecule has 0 bridgehead atoms. The van der Waals surface area contributed by atoms with Crippen LogP contribution in [0.15, 0.2) is 54.7 Å². The third-order valence-electron chi connectivity index (χ3n) is 5.64. The van der Waals surface area contributed by atoms with Gasteiger partial charge in [-0.25, -0.2) is 14.3 Å². The van der Waals surface area contributed by atoms with Crippen LogP contribution >= 0.6 is 0 Å². The second-order valence-corrected chi connectivity index (χ2v) is 8.56. The molecule has 4 rings (SSSR count). The van der Waals surface area contributed by atoms with E-state index in [0.717, 1.165) is 22.3 Å². The normalized spacial score (nSPS) is 12.5. The number of rotatable bonds is 8. The summed E-state index contributed by atoms with van der Waals surface area (Å²) in [5.74, 6) is -1.70. The molecule has 0 unspecified atom stereocenters. The molecule has 0 saturated carbocycles. The van der Waals surface area contributed by atoms with Gasteiger partial charge >= 0.3 is 12.1 Å². The molecule has 1 aliphatic carbocycles. The first kappa shape index (κ1) is 23.0. The predicted octanol–water partition coefficient (Wildman–Crippen LogP) is 2.30. The Morgan fingerprint density at radius 1 is 1.06 bits per heavy atom. The van der Waals surface area contributed by atoms with Crippen molar-refractivity contribution < 1.29 is 24.2 Å². The molecule has 0 atom stereocenters. The van der Waals surface area contributed by atoms with Crippen LogP contribution in [0.25, 0.3) is 11.1 Å². The molecule has 0 aliphatic heterocycles. The average molecular weight is 463 g/mol. The first-order chi connectivity index (χ1) is 16.2. The summed E-state index contributed by atoms with van der Waals surface area (Å²) in [7, 11) is 0. The highest BCUT2D eigenvalue weighted by molar-refractivity contribution is 5.86. The molecular formula is C24H25N5O5. The summed E-state index contributed by atoms with van der Waals surface area (Å²) < 4.78 is 6.75. The number of ether oxygens (including phenoxy) is 1. The first-order valence-corrected chi connectivity index (χ1v) is 10.8. The van der Waals surface area contributed by atoms with Crippen LogP contribution in [0.4, 0.5) is 4.79 Å². The van der Waals surface area contributed by atoms with E-state index in [1.165, 1.54) is 24.7 Å². The van der Waals surface area contributed by atoms with Crippen molar-refractivity contribution >= 4 is 18.0 Å². The third kappa shape index (κ3) is 4.90. The fourth-order valence-corrected chi connectivity index (χ4v) is 3.90. The molecule has 1 aliphatic rings. The lowest BCUT2D eigenvalue weighted by Gasteiger charge is -2.20. The van der Waals surface area contributed by atoms with E-state index in [1.807, 2.05) is 36.4 Å². The van der Waals surface area contributed by atoms with E-state index in [9.17, 15) is 14.4 Å². The van der Waals surface area contributed by atoms with Crippen molar-refractivity contribution in [2.75, 3.05) is 6.61 Å². The van der Waals surface area contributed by atoms with Crippen LogP contribution in [0.5, 0.6) is 0 Å². The molecule has 3 N–H and O–H groups in total. The molecule has 0 fully saturated rings. The monoisotopic (exact) mass is 463 g/mol. The number of fused-ring (bicyclic) bond motifs is 3. The Labute approximate surface area is 195 Å². The number of carboxylic acids is 1. The summed E-state index contributed by atoms with van der Waals surface area (Å²) in [5, 5.41) is 21.9. The highest BCUT2D eigenvalue weighted by Crippen LogP contribution is 2.44. The largest absolute Gasteiger partial charge is 0.480 e. The zero-order valence-corrected chi connectivity index (χ0v) is 18.8. The van der Waals surface area contributed by atoms with Crippen LogP contribution in [0.2, 0.25) is 0 Å². The topological polar surface area (TPSA) is 135 Å². The fourth-order valence-electron chi connectivity index (χ4n) is 3.90. The van der Waals surface area contributed by atoms with Gasteiger partial charge in [0.1, 0.15) is 24.4 Å². The van der Waals surface area contributed by atoms with Gasteiger partial charge < -0.3 is 20.5 Å². The number of nitrogens with zero attached hydrogens (tertiary/aromatic N) is 3. The Morgan fingerprint density at radius 2 is 1.68 bits per heavy atom. The van der Waals surface area contributed by atoms with Gasteiger partial charge in [-0.05, 0) is 36.1 Å². The quantitative estimate of drug-likeness (QED) is 0.466. The van der Waals surface area contributed by atoms with E-state index in [1.54, 1.807) is 0 Å². The van der Waals surface area contributed by atoms with Crippen molar-refractivity contribution in [1.29, 1.82) is 0 Å². The Hall–Kier alpha value is -4.21. The maximum Gasteiger partial charge on any atom is 0.407 e. The van der Waals surface area contributed by atoms with Gasteiger partial charge in [0.25, 0.3) is 0 Å². The lowest BCUT2D eigenvalue weighted by atomic mass is 9.98. The minimum Gasteiger partial charge on any atom is -0.480 e. The van der Waals surface area contributed by atoms with E-state index in [2.05, 4.69) is 33.1 Å². The SMILES string of the molecule is CC(C)(NC(=O)Cn1cc(CNC(=O)OCC2c3ccccc3-c3ccccc32)nn1)C(=O)O. The van der Waals surface area contributed by atoms with Gasteiger partial charge in [0.15, 0.2) is 0 Å². The number of hydrogen-bond donors (Lipinski definition) is 3. The number of aliphatic carboxylic acids is 1. The van der Waals surface area contributed by atoms with E-state index < -0.39 is 23.5 Å². The van der Waals surface area contributed by atoms with Crippen molar-refractivity contribution in [2.24, 2.45) is 0 Å². The van der Waals surface area contributed by atoms with Crippen LogP contribution < -0.4 is 10.6 Å². The number of carboxylic acid groups (broad SMARTS) is 1. The molecule has 176 valence electrons. The van der Waals surface area contributed by atoms with Crippen LogP contribution in [0.3, 0.4) is 0 Å². The third-order valence-corrected chi connectivity index (χ3v) is 5.64. The highest BCUT2D eigenvalue weighted by atomic mass is 16.5. The number of aromatic nitrogens is 3. The van der Waals surface area contributed by atoms with Gasteiger partial charge in [-0.1, -0.05) is 53.7 Å². The molecule has 2 amide bonds. The molecule has 0 radical (unpaired) electrons. The molecule has 0 spiro atoms. The van der Waals surface area contributed by atoms with Crippen LogP contribution in [0, 0.1) is 0 Å². The molecule has 1 heterocycles. The molecule has 3 aromatic rings. The first-order valence-electron chi connectivity index (χ1n) is 10.8. The Bertz CT molecular complexity index is 1190. The average Bonchev–Trinajstić information content (AvgIpc) is 3.38. The van der Waals surface area contributed by atoms with Gasteiger partial charge in [0.05, 0.1) is 12.7 Å². The van der Waals surface area contributed by atoms with Crippen molar-refractivity contribution in [3.63, 3.8) is 0 Å². The number of nitrogens with one attached hydrogen (secondary N) is 2. The number of alkyl carbamates (subject to hydrolysis) is 1. The van der Waals surface area contributed by atoms with Crippen molar-refractivity contribution in [2.45, 2.75) is 38.4 Å². The van der Waals surface area contributed by atoms with E-state index in [-0.39, 0.29) is 25.6 Å². The van der Waals surface area contributed by atoms with Crippen molar-refractivity contribution in [1.82, 2.24) is 25.6 Å². The van der Waals surface area contributed by atoms with Crippen LogP contribution in [0.1, 0.15) is 36.6 Å². The number of carbonyl (C=O) groups is 3. The fraction of sp³-hybridized carbons (Fsp3) is 0.292. The zero-order valence-electron chi connectivity index (χ0n) is 18.8. The zero-order chi connectivity index (χ0) is 24.3. The highest BCUT2D eigenvalue weighted by Gasteiger charge is 2.30. The minimum atomic E-state index is -1.40. The molecular weight excluding hydrogens is 438 g/mol. The number of carbonyl (C=O) groups excluding carboxylic acids is 2. The molecule has 2 aromatic carbocycles. The molecule has 1 aromatic heterocycles. The molecule has 10 nitrogen and oxygen atoms in total. The van der Waals surface area contributed by atoms with Gasteiger partial charge in [0.2, 0.25) is 5.91 Å². The van der Waals surface area contributed by atoms with E-state index in [0.29, 0.717) is 5.69 Å². The Balaban J connectivity index is 1.28. The maximum atomic E-state index is 12.3. The molecule has 10 heteroatoms. The summed E-state index contributed by atoms with van der Waals surface area (Å²) in [4.78, 5) is 35.5. The second kappa shape index (κ2) is 9.34. The van der Waals surface area contributed by atoms with Crippen LogP contribution in [-0.4, -0.2) is 50.2 Å². The number of benzene rings is 2. The summed E-state index contributed by atoms with van der Waals surface area (Å²) in [5.41, 5.74) is 3.59. The Morgan fingerprint density at radius 3 is 2.29 bits per heavy atom. The lowest BCUT2D eigenvalue weighted by molar-refractivity contribution is -0.146. The van der Waals surface area contributed by atoms with E-state index >= 15 is 0 Å². The second-order valence-electron chi connectivity index (χ2n) is 8.56. The van der Waals surface area contributed by atoms with Gasteiger partial charge in [-0.2, -0.15) is 0 Å². The number of amides is 2. The summed E-state index contributed by atoms with van der Waals surface area (Å²) >= 11 is 0. The summed E-state index contributed by atoms with van der Waals surface area (Å²) in [6, 6.07) is 16.2. The molecule has 0 saturated heterocycles. The molecule has 34 heavy (non-hydrogen) atoms.